The van der Waals surface area contributed by atoms with Gasteiger partial charge in [-0.05, 0) is 51.3 Å². The van der Waals surface area contributed by atoms with E-state index in [0.29, 0.717) is 5.56 Å². The molecular weight excluding hydrogens is 457 g/mol. The topological polar surface area (TPSA) is 126 Å². The average Bonchev–Trinajstić information content (AvgIpc) is 3.34. The van der Waals surface area contributed by atoms with Crippen molar-refractivity contribution in [1.82, 2.24) is 25.3 Å². The van der Waals surface area contributed by atoms with Gasteiger partial charge in [0.05, 0.1) is 11.5 Å². The molecule has 0 spiro atoms. The highest BCUT2D eigenvalue weighted by atomic mass is 19.1. The summed E-state index contributed by atoms with van der Waals surface area (Å²) in [6.07, 6.45) is 0. The van der Waals surface area contributed by atoms with E-state index in [-0.39, 0.29) is 23.5 Å². The molecule has 1 aliphatic rings. The highest BCUT2D eigenvalue weighted by Crippen LogP contribution is 2.31. The van der Waals surface area contributed by atoms with E-state index in [1.54, 1.807) is 53.7 Å². The summed E-state index contributed by atoms with van der Waals surface area (Å²) in [7, 11) is 1.49. The van der Waals surface area contributed by atoms with Crippen molar-refractivity contribution < 1.29 is 28.0 Å². The number of hydrogen-bond acceptors (Lipinski definition) is 7. The summed E-state index contributed by atoms with van der Waals surface area (Å²) in [5.74, 6) is -2.64. The van der Waals surface area contributed by atoms with Gasteiger partial charge in [0.2, 0.25) is 17.6 Å². The van der Waals surface area contributed by atoms with Gasteiger partial charge in [0.25, 0.3) is 11.8 Å². The predicted octanol–water partition coefficient (Wildman–Crippen LogP) is 2.53. The third kappa shape index (κ3) is 4.80. The smallest absolute Gasteiger partial charge is 0.327 e. The van der Waals surface area contributed by atoms with Crippen molar-refractivity contribution in [2.24, 2.45) is 5.92 Å². The lowest BCUT2D eigenvalue weighted by Gasteiger charge is -2.22. The van der Waals surface area contributed by atoms with Crippen LogP contribution in [0.15, 0.2) is 28.7 Å². The van der Waals surface area contributed by atoms with Gasteiger partial charge < -0.3 is 14.6 Å². The lowest BCUT2D eigenvalue weighted by atomic mass is 9.84. The standard InChI is InChI=1S/C24H30FN5O5/c1-13(2)17(26-16(31)12-30-21(33)24(5,6)29(7)22(30)34)18(32)19-27-28-20(35-19)23(3,4)14-8-10-15(25)11-9-14/h8-11,13,17H,12H2,1-7H3,(H,26,31)/t17-/m1/s1. The number of amides is 4. The van der Waals surface area contributed by atoms with Gasteiger partial charge in [-0.3, -0.25) is 19.3 Å². The molecule has 2 heterocycles. The summed E-state index contributed by atoms with van der Waals surface area (Å²) in [5.41, 5.74) is -1.16. The molecule has 35 heavy (non-hydrogen) atoms. The molecule has 1 aromatic heterocycles. The van der Waals surface area contributed by atoms with Crippen LogP contribution in [0.1, 0.15) is 63.7 Å². The van der Waals surface area contributed by atoms with Gasteiger partial charge in [-0.1, -0.05) is 26.0 Å². The molecule has 11 heteroatoms. The highest BCUT2D eigenvalue weighted by Gasteiger charge is 2.50. The number of aromatic nitrogens is 2. The number of benzene rings is 1. The Balaban J connectivity index is 1.76. The first-order chi connectivity index (χ1) is 16.2. The zero-order chi connectivity index (χ0) is 26.3. The zero-order valence-corrected chi connectivity index (χ0v) is 20.9. The fourth-order valence-electron chi connectivity index (χ4n) is 3.72. The summed E-state index contributed by atoms with van der Waals surface area (Å²) >= 11 is 0. The minimum atomic E-state index is -1.07. The van der Waals surface area contributed by atoms with Crippen LogP contribution in [0.4, 0.5) is 9.18 Å². The number of rotatable bonds is 8. The number of nitrogens with zero attached hydrogens (tertiary/aromatic N) is 4. The van der Waals surface area contributed by atoms with Crippen molar-refractivity contribution in [1.29, 1.82) is 0 Å². The molecule has 0 saturated carbocycles. The van der Waals surface area contributed by atoms with Crippen LogP contribution in [0.5, 0.6) is 0 Å². The Bertz CT molecular complexity index is 1160. The molecule has 0 radical (unpaired) electrons. The number of carbonyl (C=O) groups is 4. The van der Waals surface area contributed by atoms with E-state index in [9.17, 15) is 23.6 Å². The van der Waals surface area contributed by atoms with E-state index < -0.39 is 47.2 Å². The molecular formula is C24H30FN5O5. The lowest BCUT2D eigenvalue weighted by Crippen LogP contribution is -2.49. The van der Waals surface area contributed by atoms with E-state index in [1.807, 2.05) is 0 Å². The molecule has 3 rings (SSSR count). The molecule has 188 valence electrons. The number of imide groups is 1. The molecule has 1 N–H and O–H groups in total. The van der Waals surface area contributed by atoms with Crippen LogP contribution in [0.2, 0.25) is 0 Å². The fraction of sp³-hybridized carbons (Fsp3) is 0.500. The molecule has 10 nitrogen and oxygen atoms in total. The van der Waals surface area contributed by atoms with Gasteiger partial charge in [0.15, 0.2) is 0 Å². The zero-order valence-electron chi connectivity index (χ0n) is 20.9. The Kier molecular flexibility index (Phi) is 6.83. The Morgan fingerprint density at radius 1 is 1.14 bits per heavy atom. The maximum atomic E-state index is 13.3. The monoisotopic (exact) mass is 487 g/mol. The number of halogens is 1. The van der Waals surface area contributed by atoms with E-state index in [4.69, 9.17) is 4.42 Å². The third-order valence-corrected chi connectivity index (χ3v) is 6.43. The molecule has 0 unspecified atom stereocenters. The van der Waals surface area contributed by atoms with Crippen LogP contribution < -0.4 is 5.32 Å². The number of Topliss-reactive ketones (excluding diaryl/α,β-unsaturated/α-hetero) is 1. The summed E-state index contributed by atoms with van der Waals surface area (Å²) < 4.78 is 19.0. The van der Waals surface area contributed by atoms with Crippen molar-refractivity contribution in [3.05, 3.63) is 47.4 Å². The Morgan fingerprint density at radius 2 is 1.74 bits per heavy atom. The number of nitrogens with one attached hydrogen (secondary N) is 1. The summed E-state index contributed by atoms with van der Waals surface area (Å²) in [5, 5.41) is 10.5. The summed E-state index contributed by atoms with van der Waals surface area (Å²) in [6.45, 7) is 9.71. The Labute approximate surface area is 202 Å². The predicted molar refractivity (Wildman–Crippen MR) is 123 cm³/mol. The second-order valence-corrected chi connectivity index (χ2v) is 9.99. The van der Waals surface area contributed by atoms with Gasteiger partial charge >= 0.3 is 6.03 Å². The van der Waals surface area contributed by atoms with Crippen LogP contribution in [0.25, 0.3) is 0 Å². The first-order valence-corrected chi connectivity index (χ1v) is 11.2. The van der Waals surface area contributed by atoms with Crippen LogP contribution in [-0.2, 0) is 15.0 Å². The Hall–Kier alpha value is -3.63. The van der Waals surface area contributed by atoms with Crippen LogP contribution in [-0.4, -0.2) is 68.8 Å². The number of likely N-dealkylation sites (N-methyl/N-ethyl adjacent to an activating group) is 1. The molecule has 1 saturated heterocycles. The molecule has 4 amide bonds. The van der Waals surface area contributed by atoms with E-state index in [1.165, 1.54) is 24.1 Å². The summed E-state index contributed by atoms with van der Waals surface area (Å²) in [6, 6.07) is 4.21. The Morgan fingerprint density at radius 3 is 2.26 bits per heavy atom. The van der Waals surface area contributed by atoms with Crippen LogP contribution >= 0.6 is 0 Å². The first-order valence-electron chi connectivity index (χ1n) is 11.2. The second kappa shape index (κ2) is 9.20. The lowest BCUT2D eigenvalue weighted by molar-refractivity contribution is -0.135. The molecule has 1 aliphatic heterocycles. The molecule has 0 aliphatic carbocycles. The summed E-state index contributed by atoms with van der Waals surface area (Å²) in [4.78, 5) is 52.9. The van der Waals surface area contributed by atoms with Gasteiger partial charge in [-0.25, -0.2) is 9.18 Å². The average molecular weight is 488 g/mol. The second-order valence-electron chi connectivity index (χ2n) is 9.99. The van der Waals surface area contributed by atoms with Crippen molar-refractivity contribution in [2.75, 3.05) is 13.6 Å². The van der Waals surface area contributed by atoms with Crippen LogP contribution in [0, 0.1) is 11.7 Å². The van der Waals surface area contributed by atoms with Crippen molar-refractivity contribution in [3.8, 4) is 0 Å². The van der Waals surface area contributed by atoms with Crippen molar-refractivity contribution in [2.45, 2.75) is 58.5 Å². The van der Waals surface area contributed by atoms with Crippen molar-refractivity contribution in [3.63, 3.8) is 0 Å². The highest BCUT2D eigenvalue weighted by molar-refractivity contribution is 6.08. The normalized spacial score (nSPS) is 16.7. The van der Waals surface area contributed by atoms with Crippen LogP contribution in [0.3, 0.4) is 0 Å². The van der Waals surface area contributed by atoms with E-state index >= 15 is 0 Å². The molecule has 0 bridgehead atoms. The number of urea groups is 1. The number of hydrogen-bond donors (Lipinski definition) is 1. The fourth-order valence-corrected chi connectivity index (χ4v) is 3.72. The van der Waals surface area contributed by atoms with Gasteiger partial charge in [-0.2, -0.15) is 0 Å². The molecule has 1 atom stereocenters. The maximum absolute atomic E-state index is 13.3. The number of carbonyl (C=O) groups excluding carboxylic acids is 4. The largest absolute Gasteiger partial charge is 0.417 e. The minimum absolute atomic E-state index is 0.153. The first kappa shape index (κ1) is 26.0. The minimum Gasteiger partial charge on any atom is -0.417 e. The molecule has 2 aromatic rings. The molecule has 1 fully saturated rings. The maximum Gasteiger partial charge on any atom is 0.327 e. The van der Waals surface area contributed by atoms with Gasteiger partial charge in [-0.15, -0.1) is 10.2 Å². The van der Waals surface area contributed by atoms with Gasteiger partial charge in [0, 0.05) is 7.05 Å². The quantitative estimate of drug-likeness (QED) is 0.448. The third-order valence-electron chi connectivity index (χ3n) is 6.43. The van der Waals surface area contributed by atoms with Crippen molar-refractivity contribution >= 4 is 23.6 Å². The van der Waals surface area contributed by atoms with E-state index in [2.05, 4.69) is 15.5 Å². The number of ketones is 1. The van der Waals surface area contributed by atoms with Gasteiger partial charge in [0.1, 0.15) is 17.9 Å². The van der Waals surface area contributed by atoms with E-state index in [0.717, 1.165) is 4.90 Å². The molecule has 1 aromatic carbocycles. The SMILES string of the molecule is CC(C)[C@@H](NC(=O)CN1C(=O)N(C)C(C)(C)C1=O)C(=O)c1nnc(C(C)(C)c2ccc(F)cc2)o1.